The van der Waals surface area contributed by atoms with Gasteiger partial charge in [-0.3, -0.25) is 4.90 Å². The Hall–Kier alpha value is -2.04. The molecule has 2 N–H and O–H groups in total. The number of carboxylic acid groups (broad SMARTS) is 1. The Balaban J connectivity index is 2.42. The van der Waals surface area contributed by atoms with Crippen LogP contribution in [0.5, 0.6) is 0 Å². The topological polar surface area (TPSA) is 69.6 Å². The number of urea groups is 1. The number of aromatic carboxylic acids is 1. The van der Waals surface area contributed by atoms with Crippen molar-refractivity contribution in [1.82, 2.24) is 5.32 Å². The molecule has 0 radical (unpaired) electrons. The molecule has 0 aromatic heterocycles. The van der Waals surface area contributed by atoms with E-state index < -0.39 is 5.97 Å². The Morgan fingerprint density at radius 1 is 1.40 bits per heavy atom. The van der Waals surface area contributed by atoms with Crippen molar-refractivity contribution < 1.29 is 14.7 Å². The number of para-hydroxylation sites is 1. The predicted octanol–water partition coefficient (Wildman–Crippen LogP) is 0.914. The van der Waals surface area contributed by atoms with Gasteiger partial charge in [-0.2, -0.15) is 0 Å². The van der Waals surface area contributed by atoms with Gasteiger partial charge in [0.1, 0.15) is 0 Å². The van der Waals surface area contributed by atoms with Gasteiger partial charge in [0.2, 0.25) is 0 Å². The maximum absolute atomic E-state index is 11.4. The largest absolute Gasteiger partial charge is 0.478 e. The standard InChI is InChI=1S/C10H10N2O3/c13-9(14)7-3-1-2-4-8(7)12-6-5-11-10(12)15/h1-4H,5-6H2,(H,11,15)(H,13,14). The van der Waals surface area contributed by atoms with Crippen LogP contribution in [0.15, 0.2) is 24.3 Å². The molecule has 0 atom stereocenters. The van der Waals surface area contributed by atoms with Crippen LogP contribution < -0.4 is 10.2 Å². The molecule has 2 rings (SSSR count). The zero-order chi connectivity index (χ0) is 10.8. The second-order valence-corrected chi connectivity index (χ2v) is 3.21. The van der Waals surface area contributed by atoms with Crippen LogP contribution >= 0.6 is 0 Å². The smallest absolute Gasteiger partial charge is 0.337 e. The van der Waals surface area contributed by atoms with Crippen LogP contribution in [0, 0.1) is 0 Å². The molecule has 0 bridgehead atoms. The normalized spacial score (nSPS) is 15.2. The van der Waals surface area contributed by atoms with E-state index in [0.717, 1.165) is 0 Å². The lowest BCUT2D eigenvalue weighted by atomic mass is 10.1. The van der Waals surface area contributed by atoms with E-state index in [0.29, 0.717) is 18.8 Å². The van der Waals surface area contributed by atoms with E-state index in [4.69, 9.17) is 5.11 Å². The molecule has 1 aromatic carbocycles. The van der Waals surface area contributed by atoms with Gasteiger partial charge in [-0.05, 0) is 12.1 Å². The van der Waals surface area contributed by atoms with E-state index >= 15 is 0 Å². The lowest BCUT2D eigenvalue weighted by Gasteiger charge is -2.16. The molecular formula is C10H10N2O3. The average molecular weight is 206 g/mol. The molecule has 0 unspecified atom stereocenters. The van der Waals surface area contributed by atoms with Crippen molar-refractivity contribution in [2.75, 3.05) is 18.0 Å². The summed E-state index contributed by atoms with van der Waals surface area (Å²) in [4.78, 5) is 23.7. The van der Waals surface area contributed by atoms with Gasteiger partial charge in [-0.15, -0.1) is 0 Å². The highest BCUT2D eigenvalue weighted by atomic mass is 16.4. The Labute approximate surface area is 86.3 Å². The Kier molecular flexibility index (Phi) is 2.29. The number of carbonyl (C=O) groups excluding carboxylic acids is 1. The Morgan fingerprint density at radius 3 is 2.73 bits per heavy atom. The minimum Gasteiger partial charge on any atom is -0.478 e. The molecule has 1 saturated heterocycles. The summed E-state index contributed by atoms with van der Waals surface area (Å²) in [6.45, 7) is 1.05. The minimum absolute atomic E-state index is 0.148. The van der Waals surface area contributed by atoms with Gasteiger partial charge in [0, 0.05) is 13.1 Å². The SMILES string of the molecule is O=C(O)c1ccccc1N1CCNC1=O. The number of hydrogen-bond donors (Lipinski definition) is 2. The minimum atomic E-state index is -1.02. The molecule has 1 aromatic rings. The average Bonchev–Trinajstić information content (AvgIpc) is 2.64. The highest BCUT2D eigenvalue weighted by molar-refractivity contribution is 6.02. The molecule has 2 amide bonds. The molecule has 5 heteroatoms. The van der Waals surface area contributed by atoms with Crippen LogP contribution in [0.3, 0.4) is 0 Å². The summed E-state index contributed by atoms with van der Waals surface area (Å²) < 4.78 is 0. The molecule has 15 heavy (non-hydrogen) atoms. The number of carbonyl (C=O) groups is 2. The number of amides is 2. The third-order valence-corrected chi connectivity index (χ3v) is 2.28. The van der Waals surface area contributed by atoms with Gasteiger partial charge >= 0.3 is 12.0 Å². The number of nitrogens with one attached hydrogen (secondary N) is 1. The monoisotopic (exact) mass is 206 g/mol. The number of nitrogens with zero attached hydrogens (tertiary/aromatic N) is 1. The first-order valence-electron chi connectivity index (χ1n) is 4.58. The van der Waals surface area contributed by atoms with Gasteiger partial charge < -0.3 is 10.4 Å². The van der Waals surface area contributed by atoms with Gasteiger partial charge in [-0.25, -0.2) is 9.59 Å². The highest BCUT2D eigenvalue weighted by Gasteiger charge is 2.24. The van der Waals surface area contributed by atoms with E-state index in [1.165, 1.54) is 11.0 Å². The van der Waals surface area contributed by atoms with Gasteiger partial charge in [-0.1, -0.05) is 12.1 Å². The summed E-state index contributed by atoms with van der Waals surface area (Å²) in [5.74, 6) is -1.02. The maximum atomic E-state index is 11.4. The first-order valence-corrected chi connectivity index (χ1v) is 4.58. The van der Waals surface area contributed by atoms with Crippen LogP contribution in [0.1, 0.15) is 10.4 Å². The molecule has 0 spiro atoms. The molecule has 0 aliphatic carbocycles. The third-order valence-electron chi connectivity index (χ3n) is 2.28. The van der Waals surface area contributed by atoms with Crippen molar-refractivity contribution in [3.8, 4) is 0 Å². The number of carboxylic acids is 1. The van der Waals surface area contributed by atoms with Crippen molar-refractivity contribution in [3.05, 3.63) is 29.8 Å². The molecular weight excluding hydrogens is 196 g/mol. The maximum Gasteiger partial charge on any atom is 0.337 e. The molecule has 1 fully saturated rings. The number of anilines is 1. The van der Waals surface area contributed by atoms with Crippen LogP contribution in [0.4, 0.5) is 10.5 Å². The number of benzene rings is 1. The molecule has 78 valence electrons. The molecule has 1 aliphatic heterocycles. The van der Waals surface area contributed by atoms with Crippen molar-refractivity contribution in [3.63, 3.8) is 0 Å². The lowest BCUT2D eigenvalue weighted by molar-refractivity contribution is 0.0697. The van der Waals surface area contributed by atoms with Crippen LogP contribution in [0.25, 0.3) is 0 Å². The van der Waals surface area contributed by atoms with E-state index in [-0.39, 0.29) is 11.6 Å². The van der Waals surface area contributed by atoms with E-state index in [2.05, 4.69) is 5.32 Å². The zero-order valence-corrected chi connectivity index (χ0v) is 7.93. The van der Waals surface area contributed by atoms with Crippen molar-refractivity contribution in [1.29, 1.82) is 0 Å². The first kappa shape index (κ1) is 9.51. The Bertz CT molecular complexity index is 417. The van der Waals surface area contributed by atoms with E-state index in [1.807, 2.05) is 0 Å². The molecule has 1 aliphatic rings. The van der Waals surface area contributed by atoms with Crippen LogP contribution in [-0.4, -0.2) is 30.2 Å². The summed E-state index contributed by atoms with van der Waals surface area (Å²) in [6, 6.07) is 6.23. The first-order chi connectivity index (χ1) is 7.20. The quantitative estimate of drug-likeness (QED) is 0.755. The van der Waals surface area contributed by atoms with Gasteiger partial charge in [0.15, 0.2) is 0 Å². The third kappa shape index (κ3) is 1.63. The van der Waals surface area contributed by atoms with Crippen molar-refractivity contribution in [2.45, 2.75) is 0 Å². The molecule has 0 saturated carbocycles. The van der Waals surface area contributed by atoms with Gasteiger partial charge in [0.25, 0.3) is 0 Å². The number of hydrogen-bond acceptors (Lipinski definition) is 2. The van der Waals surface area contributed by atoms with Crippen LogP contribution in [0.2, 0.25) is 0 Å². The fourth-order valence-electron chi connectivity index (χ4n) is 1.59. The fourth-order valence-corrected chi connectivity index (χ4v) is 1.59. The van der Waals surface area contributed by atoms with Gasteiger partial charge in [0.05, 0.1) is 11.3 Å². The summed E-state index contributed by atoms with van der Waals surface area (Å²) in [6.07, 6.45) is 0. The molecule has 1 heterocycles. The fraction of sp³-hybridized carbons (Fsp3) is 0.200. The van der Waals surface area contributed by atoms with Crippen molar-refractivity contribution >= 4 is 17.7 Å². The number of rotatable bonds is 2. The lowest BCUT2D eigenvalue weighted by Crippen LogP contribution is -2.29. The summed E-state index contributed by atoms with van der Waals surface area (Å²) in [5, 5.41) is 11.6. The second-order valence-electron chi connectivity index (χ2n) is 3.21. The predicted molar refractivity (Wildman–Crippen MR) is 54.1 cm³/mol. The molecule has 5 nitrogen and oxygen atoms in total. The highest BCUT2D eigenvalue weighted by Crippen LogP contribution is 2.21. The Morgan fingerprint density at radius 2 is 2.13 bits per heavy atom. The summed E-state index contributed by atoms with van der Waals surface area (Å²) in [5.41, 5.74) is 0.592. The summed E-state index contributed by atoms with van der Waals surface area (Å²) >= 11 is 0. The van der Waals surface area contributed by atoms with E-state index in [1.54, 1.807) is 18.2 Å². The van der Waals surface area contributed by atoms with Crippen LogP contribution in [-0.2, 0) is 0 Å². The second kappa shape index (κ2) is 3.61. The van der Waals surface area contributed by atoms with Crippen molar-refractivity contribution in [2.24, 2.45) is 0 Å². The van der Waals surface area contributed by atoms with E-state index in [9.17, 15) is 9.59 Å². The summed E-state index contributed by atoms with van der Waals surface area (Å²) in [7, 11) is 0. The zero-order valence-electron chi connectivity index (χ0n) is 7.93.